The van der Waals surface area contributed by atoms with Crippen molar-refractivity contribution < 1.29 is 39.4 Å². The molecule has 26 valence electrons. The van der Waals surface area contributed by atoms with Gasteiger partial charge in [0.25, 0.3) is 0 Å². The van der Waals surface area contributed by atoms with Gasteiger partial charge in [-0.15, -0.1) is 0 Å². The molecule has 2 radical (unpaired) electrons. The minimum Gasteiger partial charge on any atom is -1.00 e. The van der Waals surface area contributed by atoms with Crippen LogP contribution in [0.2, 0.25) is 0 Å². The summed E-state index contributed by atoms with van der Waals surface area (Å²) >= 11 is 0. The van der Waals surface area contributed by atoms with Crippen molar-refractivity contribution in [2.24, 2.45) is 0 Å². The van der Waals surface area contributed by atoms with Crippen LogP contribution in [0, 0.1) is 0 Å². The second-order valence-electron chi connectivity index (χ2n) is 0. The molecule has 0 bridgehead atoms. The predicted molar refractivity (Wildman–Crippen MR) is 9.37 cm³/mol. The third-order valence-corrected chi connectivity index (χ3v) is 0. The Morgan fingerprint density at radius 1 is 0.750 bits per heavy atom. The molecule has 0 amide bonds. The summed E-state index contributed by atoms with van der Waals surface area (Å²) in [5.41, 5.74) is 0. The van der Waals surface area contributed by atoms with E-state index in [1.165, 1.54) is 0 Å². The molecule has 0 unspecified atom stereocenters. The van der Waals surface area contributed by atoms with Gasteiger partial charge in [-0.1, -0.05) is 0 Å². The van der Waals surface area contributed by atoms with Crippen molar-refractivity contribution in [3.63, 3.8) is 0 Å². The average Bonchev–Trinajstić information content (AvgIpc) is 0. The second-order valence-corrected chi connectivity index (χ2v) is 0. The molecule has 1 nitrogen and oxygen atoms in total. The van der Waals surface area contributed by atoms with Crippen LogP contribution in [0.5, 0.6) is 0 Å². The van der Waals surface area contributed by atoms with E-state index in [1.54, 1.807) is 0 Å². The summed E-state index contributed by atoms with van der Waals surface area (Å²) in [4.78, 5) is 0. The van der Waals surface area contributed by atoms with Gasteiger partial charge in [-0.05, 0) is 0 Å². The second kappa shape index (κ2) is 22.1. The smallest absolute Gasteiger partial charge is 1.00 e. The average molecular weight is 297 g/mol. The predicted octanol–water partition coefficient (Wildman–Crippen LogP) is -7.20. The number of hydrogen-bond donors (Lipinski definition) is 0. The zero-order chi connectivity index (χ0) is 0. The van der Waals surface area contributed by atoms with Crippen LogP contribution in [0.15, 0.2) is 0 Å². The number of hydrogen-bond acceptors (Lipinski definition) is 0. The first-order chi connectivity index (χ1) is 0. The summed E-state index contributed by atoms with van der Waals surface area (Å²) in [6.45, 7) is 0. The molecule has 0 aliphatic heterocycles. The summed E-state index contributed by atoms with van der Waals surface area (Å²) in [7, 11) is 0. The molecule has 0 aromatic carbocycles. The fraction of sp³-hybridized carbons (Fsp3) is 0. The maximum atomic E-state index is 0. The van der Waals surface area contributed by atoms with E-state index in [-0.39, 0.29) is 63.3 Å². The topological polar surface area (TPSA) is 31.5 Å². The van der Waals surface area contributed by atoms with Crippen molar-refractivity contribution in [2.45, 2.75) is 0 Å². The maximum absolute atomic E-state index is 0. The summed E-state index contributed by atoms with van der Waals surface area (Å²) in [6, 6.07) is 0. The van der Waals surface area contributed by atoms with Crippen molar-refractivity contribution in [2.75, 3.05) is 0 Å². The summed E-state index contributed by atoms with van der Waals surface area (Å²) in [6.07, 6.45) is 0. The van der Waals surface area contributed by atoms with Gasteiger partial charge in [0.2, 0.25) is 0 Å². The van der Waals surface area contributed by atoms with E-state index < -0.39 is 0 Å². The normalized spacial score (nSPS) is 0. The molecule has 0 saturated heterocycles. The van der Waals surface area contributed by atoms with Crippen LogP contribution in [0.25, 0.3) is 0 Å². The molecule has 0 heterocycles. The summed E-state index contributed by atoms with van der Waals surface area (Å²) in [5.74, 6) is 0. The van der Waals surface area contributed by atoms with Crippen molar-refractivity contribution in [3.8, 4) is 0 Å². The van der Waals surface area contributed by atoms with E-state index in [0.717, 1.165) is 0 Å². The Morgan fingerprint density at radius 3 is 0.750 bits per heavy atom. The Labute approximate surface area is 63.0 Å². The Balaban J connectivity index is 0. The third kappa shape index (κ3) is 9.30. The largest absolute Gasteiger partial charge is 2.00 e. The van der Waals surface area contributed by atoms with Crippen LogP contribution in [-0.2, 0) is 0 Å². The van der Waals surface area contributed by atoms with Gasteiger partial charge in [-0.25, -0.2) is 0 Å². The molecule has 0 saturated carbocycles. The minimum absolute atomic E-state index is 0. The van der Waals surface area contributed by atoms with Crippen molar-refractivity contribution in [3.05, 3.63) is 0 Å². The van der Waals surface area contributed by atoms with Crippen LogP contribution in [0.3, 0.4) is 0 Å². The number of halogens is 2. The molecule has 0 spiro atoms. The van der Waals surface area contributed by atoms with Crippen molar-refractivity contribution in [1.29, 1.82) is 0 Å². The van der Waals surface area contributed by atoms with Gasteiger partial charge in [0, 0.05) is 0 Å². The minimum atomic E-state index is 0. The zero-order valence-electron chi connectivity index (χ0n) is 1.76. The molecule has 0 atom stereocenters. The van der Waals surface area contributed by atoms with Crippen LogP contribution in [0.1, 0.15) is 0 Å². The standard InChI is InChI=1S/2BrH.H2O.Sn/h2*1H;1H2;/q;;;+2/p-2. The van der Waals surface area contributed by atoms with Crippen LogP contribution >= 0.6 is 0 Å². The molecule has 0 aromatic rings. The first kappa shape index (κ1) is 43.1. The third-order valence-electron chi connectivity index (χ3n) is 0. The molecule has 2 N–H and O–H groups in total. The van der Waals surface area contributed by atoms with Gasteiger partial charge in [-0.2, -0.15) is 0 Å². The van der Waals surface area contributed by atoms with E-state index in [2.05, 4.69) is 0 Å². The molecular weight excluding hydrogens is 295 g/mol. The van der Waals surface area contributed by atoms with Crippen molar-refractivity contribution >= 4 is 23.9 Å². The van der Waals surface area contributed by atoms with Gasteiger partial charge in [0.15, 0.2) is 0 Å². The first-order valence-corrected chi connectivity index (χ1v) is 0. The number of rotatable bonds is 0. The Morgan fingerprint density at radius 2 is 0.750 bits per heavy atom. The molecule has 0 aliphatic rings. The fourth-order valence-electron chi connectivity index (χ4n) is 0. The van der Waals surface area contributed by atoms with Crippen molar-refractivity contribution in [1.82, 2.24) is 0 Å². The summed E-state index contributed by atoms with van der Waals surface area (Å²) < 4.78 is 0. The fourth-order valence-corrected chi connectivity index (χ4v) is 0. The molecule has 0 rings (SSSR count). The SMILES string of the molecule is O.[Br-].[Br-].[Sn+2]. The van der Waals surface area contributed by atoms with Gasteiger partial charge in [0.1, 0.15) is 0 Å². The van der Waals surface area contributed by atoms with E-state index in [0.29, 0.717) is 0 Å². The Kier molecular flexibility index (Phi) is 238. The van der Waals surface area contributed by atoms with E-state index in [9.17, 15) is 0 Å². The quantitative estimate of drug-likeness (QED) is 0.398. The molecule has 0 aliphatic carbocycles. The maximum Gasteiger partial charge on any atom is 2.00 e. The molecule has 0 fully saturated rings. The summed E-state index contributed by atoms with van der Waals surface area (Å²) in [5, 5.41) is 0. The van der Waals surface area contributed by atoms with Gasteiger partial charge >= 0.3 is 23.9 Å². The van der Waals surface area contributed by atoms with Gasteiger partial charge in [-0.3, -0.25) is 0 Å². The zero-order valence-corrected chi connectivity index (χ0v) is 7.78. The Bertz CT molecular complexity index is 6.00. The molecule has 4 heavy (non-hydrogen) atoms. The van der Waals surface area contributed by atoms with E-state index in [1.807, 2.05) is 0 Å². The molecule has 4 heteroatoms. The first-order valence-electron chi connectivity index (χ1n) is 0. The van der Waals surface area contributed by atoms with Gasteiger partial charge < -0.3 is 39.4 Å². The van der Waals surface area contributed by atoms with Crippen LogP contribution in [0.4, 0.5) is 0 Å². The van der Waals surface area contributed by atoms with Crippen LogP contribution < -0.4 is 34.0 Å². The van der Waals surface area contributed by atoms with Crippen LogP contribution in [-0.4, -0.2) is 29.4 Å². The molecular formula is H2Br2OSn. The Hall–Kier alpha value is 1.72. The van der Waals surface area contributed by atoms with E-state index >= 15 is 0 Å². The monoisotopic (exact) mass is 296 g/mol. The van der Waals surface area contributed by atoms with E-state index in [4.69, 9.17) is 0 Å². The molecule has 0 aromatic heterocycles. The van der Waals surface area contributed by atoms with Gasteiger partial charge in [0.05, 0.1) is 0 Å².